The minimum atomic E-state index is -0.499. The molecule has 0 N–H and O–H groups in total. The van der Waals surface area contributed by atoms with E-state index in [4.69, 9.17) is 4.52 Å². The molecule has 0 saturated carbocycles. The molecule has 0 aliphatic carbocycles. The molecule has 1 amide bonds. The molecule has 2 rings (SSSR count). The van der Waals surface area contributed by atoms with Gasteiger partial charge >= 0.3 is 11.7 Å². The van der Waals surface area contributed by atoms with Crippen molar-refractivity contribution in [3.63, 3.8) is 0 Å². The van der Waals surface area contributed by atoms with Crippen LogP contribution >= 0.6 is 11.8 Å². The Labute approximate surface area is 114 Å². The Morgan fingerprint density at radius 2 is 1.89 bits per heavy atom. The summed E-state index contributed by atoms with van der Waals surface area (Å²) in [4.78, 5) is 26.4. The third-order valence-corrected chi connectivity index (χ3v) is 3.69. The number of hydrogen-bond acceptors (Lipinski definition) is 4. The summed E-state index contributed by atoms with van der Waals surface area (Å²) < 4.78 is 6.01. The van der Waals surface area contributed by atoms with E-state index in [2.05, 4.69) is 0 Å². The van der Waals surface area contributed by atoms with E-state index in [-0.39, 0.29) is 6.03 Å². The molecule has 0 spiro atoms. The van der Waals surface area contributed by atoms with Crippen molar-refractivity contribution in [2.75, 3.05) is 14.1 Å². The first-order valence-electron chi connectivity index (χ1n) is 5.68. The highest BCUT2D eigenvalue weighted by Crippen LogP contribution is 2.27. The molecule has 1 heterocycles. The largest absolute Gasteiger partial charge is 0.372 e. The summed E-state index contributed by atoms with van der Waals surface area (Å²) in [5.74, 6) is 0. The normalized spacial score (nSPS) is 10.5. The van der Waals surface area contributed by atoms with Crippen molar-refractivity contribution < 1.29 is 9.32 Å². The molecule has 0 fully saturated rings. The first-order chi connectivity index (χ1) is 9.00. The van der Waals surface area contributed by atoms with Crippen molar-refractivity contribution in [2.24, 2.45) is 0 Å². The van der Waals surface area contributed by atoms with Gasteiger partial charge in [-0.1, -0.05) is 30.0 Å². The molecule has 0 saturated heterocycles. The van der Waals surface area contributed by atoms with Crippen LogP contribution in [0.25, 0.3) is 0 Å². The van der Waals surface area contributed by atoms with Gasteiger partial charge in [0.1, 0.15) is 4.90 Å². The van der Waals surface area contributed by atoms with E-state index < -0.39 is 5.63 Å². The Bertz CT molecular complexity index is 644. The second-order valence-corrected chi connectivity index (χ2v) is 5.26. The summed E-state index contributed by atoms with van der Waals surface area (Å²) in [6.45, 7) is 1.69. The van der Waals surface area contributed by atoms with Crippen LogP contribution in [0.1, 0.15) is 5.69 Å². The third-order valence-electron chi connectivity index (χ3n) is 2.51. The van der Waals surface area contributed by atoms with Crippen LogP contribution in [0.4, 0.5) is 4.79 Å². The van der Waals surface area contributed by atoms with Gasteiger partial charge in [-0.25, -0.2) is 9.59 Å². The molecule has 1 aromatic carbocycles. The Hall–Kier alpha value is -1.95. The molecular formula is C13H14N2O3S. The van der Waals surface area contributed by atoms with Crippen LogP contribution in [0.3, 0.4) is 0 Å². The predicted octanol–water partition coefficient (Wildman–Crippen LogP) is 2.43. The Kier molecular flexibility index (Phi) is 3.80. The van der Waals surface area contributed by atoms with E-state index >= 15 is 0 Å². The molecule has 0 atom stereocenters. The highest BCUT2D eigenvalue weighted by molar-refractivity contribution is 7.99. The number of rotatable bonds is 2. The van der Waals surface area contributed by atoms with Gasteiger partial charge < -0.3 is 9.42 Å². The Balaban J connectivity index is 2.38. The summed E-state index contributed by atoms with van der Waals surface area (Å²) in [7, 11) is 3.21. The van der Waals surface area contributed by atoms with Crippen LogP contribution in [0, 0.1) is 6.92 Å². The van der Waals surface area contributed by atoms with Gasteiger partial charge in [-0.05, 0) is 19.1 Å². The molecule has 1 aromatic heterocycles. The standard InChI is InChI=1S/C13H14N2O3S/c1-9-11(19-10-7-5-4-6-8-10)12(16)18-15(9)13(17)14(2)3/h4-8H,1-3H3. The summed E-state index contributed by atoms with van der Waals surface area (Å²) in [6, 6.07) is 9.10. The smallest absolute Gasteiger partial charge is 0.328 e. The minimum Gasteiger partial charge on any atom is -0.328 e. The minimum absolute atomic E-state index is 0.380. The molecule has 0 aliphatic heterocycles. The average molecular weight is 278 g/mol. The van der Waals surface area contributed by atoms with Gasteiger partial charge in [-0.3, -0.25) is 0 Å². The summed E-state index contributed by atoms with van der Waals surface area (Å²) in [5, 5.41) is 0. The van der Waals surface area contributed by atoms with Crippen LogP contribution in [0.2, 0.25) is 0 Å². The van der Waals surface area contributed by atoms with Gasteiger partial charge in [-0.15, -0.1) is 4.74 Å². The number of carbonyl (C=O) groups excluding carboxylic acids is 1. The zero-order chi connectivity index (χ0) is 14.0. The third kappa shape index (κ3) is 2.73. The van der Waals surface area contributed by atoms with Crippen molar-refractivity contribution in [3.05, 3.63) is 46.4 Å². The molecule has 2 aromatic rings. The van der Waals surface area contributed by atoms with Gasteiger partial charge in [0, 0.05) is 19.0 Å². The highest BCUT2D eigenvalue weighted by atomic mass is 32.2. The monoisotopic (exact) mass is 278 g/mol. The van der Waals surface area contributed by atoms with Gasteiger partial charge in [0.2, 0.25) is 0 Å². The molecule has 0 bridgehead atoms. The van der Waals surface area contributed by atoms with Crippen LogP contribution in [-0.4, -0.2) is 29.8 Å². The number of benzene rings is 1. The molecule has 5 nitrogen and oxygen atoms in total. The zero-order valence-electron chi connectivity index (χ0n) is 10.9. The van der Waals surface area contributed by atoms with E-state index in [1.165, 1.54) is 16.7 Å². The summed E-state index contributed by atoms with van der Waals surface area (Å²) >= 11 is 1.29. The molecule has 6 heteroatoms. The molecule has 100 valence electrons. The van der Waals surface area contributed by atoms with E-state index in [1.54, 1.807) is 21.0 Å². The number of amides is 1. The van der Waals surface area contributed by atoms with Crippen LogP contribution in [0.15, 0.2) is 49.4 Å². The van der Waals surface area contributed by atoms with Gasteiger partial charge in [0.15, 0.2) is 0 Å². The fraction of sp³-hybridized carbons (Fsp3) is 0.231. The van der Waals surface area contributed by atoms with Crippen molar-refractivity contribution in [1.29, 1.82) is 0 Å². The fourth-order valence-corrected chi connectivity index (χ4v) is 2.40. The number of nitrogens with zero attached hydrogens (tertiary/aromatic N) is 2. The lowest BCUT2D eigenvalue weighted by Gasteiger charge is -2.09. The Morgan fingerprint density at radius 3 is 2.47 bits per heavy atom. The second-order valence-electron chi connectivity index (χ2n) is 4.18. The van der Waals surface area contributed by atoms with Crippen LogP contribution in [0.5, 0.6) is 0 Å². The van der Waals surface area contributed by atoms with E-state index in [0.717, 1.165) is 9.64 Å². The summed E-state index contributed by atoms with van der Waals surface area (Å²) in [6.07, 6.45) is 0. The fourth-order valence-electron chi connectivity index (χ4n) is 1.52. The zero-order valence-corrected chi connectivity index (χ0v) is 11.7. The van der Waals surface area contributed by atoms with Crippen molar-refractivity contribution >= 4 is 17.8 Å². The quantitative estimate of drug-likeness (QED) is 0.846. The molecule has 0 radical (unpaired) electrons. The predicted molar refractivity (Wildman–Crippen MR) is 72.8 cm³/mol. The topological polar surface area (TPSA) is 55.5 Å². The number of carbonyl (C=O) groups is 1. The van der Waals surface area contributed by atoms with Gasteiger partial charge in [0.25, 0.3) is 0 Å². The van der Waals surface area contributed by atoms with Crippen molar-refractivity contribution in [3.8, 4) is 0 Å². The van der Waals surface area contributed by atoms with E-state index in [1.807, 2.05) is 30.3 Å². The summed E-state index contributed by atoms with van der Waals surface area (Å²) in [5.41, 5.74) is 0.0131. The highest BCUT2D eigenvalue weighted by Gasteiger charge is 2.20. The van der Waals surface area contributed by atoms with E-state index in [9.17, 15) is 9.59 Å². The Morgan fingerprint density at radius 1 is 1.26 bits per heavy atom. The maximum absolute atomic E-state index is 11.8. The lowest BCUT2D eigenvalue weighted by atomic mass is 10.4. The van der Waals surface area contributed by atoms with Crippen molar-refractivity contribution in [2.45, 2.75) is 16.7 Å². The molecule has 0 aliphatic rings. The van der Waals surface area contributed by atoms with Crippen molar-refractivity contribution in [1.82, 2.24) is 9.64 Å². The molecule has 0 unspecified atom stereocenters. The lowest BCUT2D eigenvalue weighted by Crippen LogP contribution is -2.27. The lowest BCUT2D eigenvalue weighted by molar-refractivity contribution is 0.181. The first-order valence-corrected chi connectivity index (χ1v) is 6.50. The average Bonchev–Trinajstić information content (AvgIpc) is 2.67. The maximum Gasteiger partial charge on any atom is 0.372 e. The SMILES string of the molecule is Cc1c(Sc2ccccc2)c(=O)on1C(=O)N(C)C. The first kappa shape index (κ1) is 13.5. The van der Waals surface area contributed by atoms with Gasteiger partial charge in [0.05, 0.1) is 5.69 Å². The van der Waals surface area contributed by atoms with Gasteiger partial charge in [-0.2, -0.15) is 0 Å². The van der Waals surface area contributed by atoms with E-state index in [0.29, 0.717) is 10.6 Å². The number of aromatic nitrogens is 1. The van der Waals surface area contributed by atoms with Crippen LogP contribution < -0.4 is 5.63 Å². The maximum atomic E-state index is 11.8. The molecule has 19 heavy (non-hydrogen) atoms. The number of hydrogen-bond donors (Lipinski definition) is 0. The van der Waals surface area contributed by atoms with Crippen LogP contribution in [-0.2, 0) is 0 Å². The second kappa shape index (κ2) is 5.36. The molecular weight excluding hydrogens is 264 g/mol.